The quantitative estimate of drug-likeness (QED) is 0.567. The van der Waals surface area contributed by atoms with Crippen molar-refractivity contribution in [2.75, 3.05) is 6.61 Å². The normalized spacial score (nSPS) is 21.2. The molecule has 162 valence electrons. The van der Waals surface area contributed by atoms with E-state index in [9.17, 15) is 10.2 Å². The van der Waals surface area contributed by atoms with E-state index in [1.165, 1.54) is 33.4 Å². The molecule has 0 saturated carbocycles. The molecule has 3 nitrogen and oxygen atoms in total. The molecule has 0 spiro atoms. The molecule has 1 aliphatic heterocycles. The van der Waals surface area contributed by atoms with Crippen LogP contribution in [-0.4, -0.2) is 29.0 Å². The van der Waals surface area contributed by atoms with E-state index < -0.39 is 6.10 Å². The summed E-state index contributed by atoms with van der Waals surface area (Å²) in [7, 11) is 0. The highest BCUT2D eigenvalue weighted by Gasteiger charge is 2.29. The zero-order valence-corrected chi connectivity index (χ0v) is 18.4. The number of aliphatic hydroxyl groups is 2. The molecule has 3 unspecified atom stereocenters. The Labute approximate surface area is 185 Å². The van der Waals surface area contributed by atoms with Crippen LogP contribution in [0.25, 0.3) is 11.1 Å². The molecule has 4 rings (SSSR count). The zero-order valence-electron chi connectivity index (χ0n) is 18.4. The first-order chi connectivity index (χ1) is 15.1. The molecule has 1 saturated heterocycles. The van der Waals surface area contributed by atoms with Crippen molar-refractivity contribution in [1.82, 2.24) is 0 Å². The first-order valence-corrected chi connectivity index (χ1v) is 11.3. The van der Waals surface area contributed by atoms with Crippen LogP contribution in [0.4, 0.5) is 0 Å². The van der Waals surface area contributed by atoms with Crippen LogP contribution in [0.5, 0.6) is 0 Å². The van der Waals surface area contributed by atoms with E-state index in [1.807, 2.05) is 6.07 Å². The summed E-state index contributed by atoms with van der Waals surface area (Å²) in [6.07, 6.45) is 1.94. The van der Waals surface area contributed by atoms with Gasteiger partial charge in [0, 0.05) is 12.8 Å². The van der Waals surface area contributed by atoms with Gasteiger partial charge in [-0.3, -0.25) is 0 Å². The van der Waals surface area contributed by atoms with Crippen molar-refractivity contribution in [2.45, 2.75) is 57.8 Å². The van der Waals surface area contributed by atoms with Gasteiger partial charge in [0.2, 0.25) is 0 Å². The second-order valence-corrected chi connectivity index (χ2v) is 8.62. The predicted molar refractivity (Wildman–Crippen MR) is 125 cm³/mol. The summed E-state index contributed by atoms with van der Waals surface area (Å²) in [6.45, 7) is 4.30. The number of rotatable bonds is 6. The highest BCUT2D eigenvalue weighted by atomic mass is 16.5. The molecular weight excluding hydrogens is 384 g/mol. The van der Waals surface area contributed by atoms with E-state index in [0.29, 0.717) is 12.8 Å². The van der Waals surface area contributed by atoms with Crippen LogP contribution >= 0.6 is 0 Å². The minimum atomic E-state index is -0.456. The summed E-state index contributed by atoms with van der Waals surface area (Å²) in [5.74, 6) is 0. The molecule has 0 radical (unpaired) electrons. The maximum Gasteiger partial charge on any atom is 0.0854 e. The number of aryl methyl sites for hydroxylation is 1. The van der Waals surface area contributed by atoms with Gasteiger partial charge in [-0.2, -0.15) is 0 Å². The largest absolute Gasteiger partial charge is 0.394 e. The first kappa shape index (κ1) is 21.8. The molecule has 0 bridgehead atoms. The maximum absolute atomic E-state index is 10.3. The molecule has 2 N–H and O–H groups in total. The lowest BCUT2D eigenvalue weighted by atomic mass is 9.87. The Morgan fingerprint density at radius 2 is 1.65 bits per heavy atom. The van der Waals surface area contributed by atoms with Crippen molar-refractivity contribution < 1.29 is 14.9 Å². The lowest BCUT2D eigenvalue weighted by molar-refractivity contribution is -0.113. The molecule has 3 aromatic rings. The van der Waals surface area contributed by atoms with Gasteiger partial charge in [0.1, 0.15) is 0 Å². The van der Waals surface area contributed by atoms with Crippen LogP contribution in [0.15, 0.2) is 66.7 Å². The summed E-state index contributed by atoms with van der Waals surface area (Å²) < 4.78 is 6.15. The van der Waals surface area contributed by atoms with Crippen LogP contribution < -0.4 is 0 Å². The van der Waals surface area contributed by atoms with E-state index in [-0.39, 0.29) is 18.8 Å². The third-order valence-electron chi connectivity index (χ3n) is 6.40. The van der Waals surface area contributed by atoms with Crippen molar-refractivity contribution in [2.24, 2.45) is 0 Å². The molecule has 31 heavy (non-hydrogen) atoms. The molecule has 0 aliphatic carbocycles. The smallest absolute Gasteiger partial charge is 0.0854 e. The topological polar surface area (TPSA) is 49.7 Å². The molecule has 0 amide bonds. The van der Waals surface area contributed by atoms with Gasteiger partial charge < -0.3 is 14.9 Å². The van der Waals surface area contributed by atoms with Gasteiger partial charge in [0.05, 0.1) is 24.9 Å². The summed E-state index contributed by atoms with van der Waals surface area (Å²) in [6, 6.07) is 23.7. The lowest BCUT2D eigenvalue weighted by Gasteiger charge is -2.33. The van der Waals surface area contributed by atoms with E-state index in [4.69, 9.17) is 4.74 Å². The Kier molecular flexibility index (Phi) is 6.86. The predicted octanol–water partition coefficient (Wildman–Crippen LogP) is 5.39. The van der Waals surface area contributed by atoms with Crippen molar-refractivity contribution in [1.29, 1.82) is 0 Å². The zero-order chi connectivity index (χ0) is 21.8. The Bertz CT molecular complexity index is 995. The third-order valence-corrected chi connectivity index (χ3v) is 6.40. The summed E-state index contributed by atoms with van der Waals surface area (Å²) in [4.78, 5) is 0. The average Bonchev–Trinajstić information content (AvgIpc) is 2.81. The fraction of sp³-hybridized carbons (Fsp3) is 0.357. The highest BCUT2D eigenvalue weighted by Crippen LogP contribution is 2.36. The summed E-state index contributed by atoms with van der Waals surface area (Å²) >= 11 is 0. The molecule has 1 fully saturated rings. The number of benzene rings is 3. The van der Waals surface area contributed by atoms with Crippen molar-refractivity contribution in [3.8, 4) is 11.1 Å². The van der Waals surface area contributed by atoms with Gasteiger partial charge in [-0.1, -0.05) is 67.6 Å². The van der Waals surface area contributed by atoms with Crippen LogP contribution in [0.2, 0.25) is 0 Å². The van der Waals surface area contributed by atoms with Crippen molar-refractivity contribution in [3.05, 3.63) is 94.5 Å². The summed E-state index contributed by atoms with van der Waals surface area (Å²) in [5, 5.41) is 20.0. The molecular formula is C28H32O3. The second-order valence-electron chi connectivity index (χ2n) is 8.62. The van der Waals surface area contributed by atoms with Crippen molar-refractivity contribution in [3.63, 3.8) is 0 Å². The molecule has 3 heteroatoms. The Morgan fingerprint density at radius 1 is 0.935 bits per heavy atom. The number of hydrogen-bond donors (Lipinski definition) is 2. The van der Waals surface area contributed by atoms with E-state index in [1.54, 1.807) is 0 Å². The van der Waals surface area contributed by atoms with Crippen LogP contribution in [0, 0.1) is 6.92 Å². The van der Waals surface area contributed by atoms with Gasteiger partial charge in [-0.25, -0.2) is 0 Å². The minimum absolute atomic E-state index is 0.0679. The Balaban J connectivity index is 1.75. The lowest BCUT2D eigenvalue weighted by Crippen LogP contribution is -2.33. The Hall–Kier alpha value is -2.46. The summed E-state index contributed by atoms with van der Waals surface area (Å²) in [5.41, 5.74) is 8.62. The van der Waals surface area contributed by atoms with Crippen molar-refractivity contribution >= 4 is 0 Å². The van der Waals surface area contributed by atoms with Gasteiger partial charge in [0.15, 0.2) is 0 Å². The number of ether oxygens (including phenoxy) is 1. The number of hydrogen-bond acceptors (Lipinski definition) is 3. The fourth-order valence-electron chi connectivity index (χ4n) is 4.52. The monoisotopic (exact) mass is 416 g/mol. The van der Waals surface area contributed by atoms with Gasteiger partial charge in [-0.15, -0.1) is 0 Å². The highest BCUT2D eigenvalue weighted by molar-refractivity contribution is 5.70. The number of aliphatic hydroxyl groups excluding tert-OH is 2. The maximum atomic E-state index is 10.3. The van der Waals surface area contributed by atoms with Gasteiger partial charge in [0.25, 0.3) is 0 Å². The van der Waals surface area contributed by atoms with Gasteiger partial charge in [-0.05, 0) is 64.8 Å². The first-order valence-electron chi connectivity index (χ1n) is 11.3. The average molecular weight is 417 g/mol. The minimum Gasteiger partial charge on any atom is -0.394 e. The standard InChI is InChI=1S/C28H32O3/c1-3-20-9-11-21(12-10-20)13-23-14-24(28-17-25(30)16-26(18-29)31-28)15-27(19(23)2)22-7-5-4-6-8-22/h4-12,14-15,25-26,28-30H,3,13,16-18H2,1-2H3. The van der Waals surface area contributed by atoms with E-state index >= 15 is 0 Å². The third kappa shape index (κ3) is 5.07. The molecule has 3 aromatic carbocycles. The van der Waals surface area contributed by atoms with Crippen LogP contribution in [0.1, 0.15) is 53.7 Å². The second kappa shape index (κ2) is 9.78. The Morgan fingerprint density at radius 3 is 2.32 bits per heavy atom. The van der Waals surface area contributed by atoms with Crippen LogP contribution in [0.3, 0.4) is 0 Å². The molecule has 0 aromatic heterocycles. The molecule has 1 aliphatic rings. The molecule has 1 heterocycles. The van der Waals surface area contributed by atoms with E-state index in [0.717, 1.165) is 18.4 Å². The van der Waals surface area contributed by atoms with Crippen LogP contribution in [-0.2, 0) is 17.6 Å². The fourth-order valence-corrected chi connectivity index (χ4v) is 4.52. The SMILES string of the molecule is CCc1ccc(Cc2cc(C3CC(O)CC(CO)O3)cc(-c3ccccc3)c2C)cc1. The van der Waals surface area contributed by atoms with Gasteiger partial charge >= 0.3 is 0 Å². The van der Waals surface area contributed by atoms with E-state index in [2.05, 4.69) is 74.5 Å². The molecule has 3 atom stereocenters.